The number of nitrogens with two attached hydrogens (primary N) is 1. The van der Waals surface area contributed by atoms with Gasteiger partial charge in [-0.15, -0.1) is 0 Å². The SMILES string of the molecule is Nc1nc2c(ncn2[C@H]2C[C@H](O)[C@@H](C(=O)OP(=O)(O)OP(=O)(O)OP(=O)(O)O)O2)c(=O)[nH]1. The fourth-order valence-corrected chi connectivity index (χ4v) is 5.62. The quantitative estimate of drug-likeness (QED) is 0.198. The maximum absolute atomic E-state index is 12.1. The number of carbonyl (C=O) groups is 1. The summed E-state index contributed by atoms with van der Waals surface area (Å²) in [6.45, 7) is 0. The number of hydrogen-bond acceptors (Lipinski definition) is 13. The molecule has 32 heavy (non-hydrogen) atoms. The maximum Gasteiger partial charge on any atom is 0.538 e. The molecule has 3 rings (SSSR count). The molecular formula is C10H14N5O14P3. The second-order valence-electron chi connectivity index (χ2n) is 6.09. The lowest BCUT2D eigenvalue weighted by Crippen LogP contribution is -2.31. The lowest BCUT2D eigenvalue weighted by molar-refractivity contribution is -0.153. The van der Waals surface area contributed by atoms with Crippen LogP contribution in [0.1, 0.15) is 12.6 Å². The van der Waals surface area contributed by atoms with Crippen LogP contribution >= 0.6 is 23.5 Å². The summed E-state index contributed by atoms with van der Waals surface area (Å²) in [5.74, 6) is -2.00. The first-order chi connectivity index (χ1) is 14.6. The largest absolute Gasteiger partial charge is 0.538 e. The standard InChI is InChI=1S/C10H14N5O14P3/c11-10-13-7-5(8(17)14-10)12-2-15(7)4-1-3(16)6(26-4)9(18)27-31(22,23)29-32(24,25)28-30(19,20)21/h2-4,6,16H,1H2,(H,22,23)(H,24,25)(H2,19,20,21)(H3,11,13,14,17)/t3-,4+,6-/m0/s1. The highest BCUT2D eigenvalue weighted by Gasteiger charge is 2.47. The predicted molar refractivity (Wildman–Crippen MR) is 97.1 cm³/mol. The van der Waals surface area contributed by atoms with Gasteiger partial charge in [0.25, 0.3) is 5.56 Å². The molecule has 0 saturated carbocycles. The van der Waals surface area contributed by atoms with Crippen molar-refractivity contribution in [3.8, 4) is 0 Å². The topological polar surface area (TPSA) is 296 Å². The molecule has 1 saturated heterocycles. The first-order valence-electron chi connectivity index (χ1n) is 8.00. The Bertz CT molecular complexity index is 1250. The molecule has 8 N–H and O–H groups in total. The van der Waals surface area contributed by atoms with E-state index in [2.05, 4.69) is 28.1 Å². The van der Waals surface area contributed by atoms with Crippen LogP contribution in [-0.4, -0.2) is 62.4 Å². The van der Waals surface area contributed by atoms with Gasteiger partial charge in [0, 0.05) is 6.42 Å². The van der Waals surface area contributed by atoms with Gasteiger partial charge in [-0.1, -0.05) is 0 Å². The van der Waals surface area contributed by atoms with E-state index >= 15 is 0 Å². The fourth-order valence-electron chi connectivity index (χ4n) is 2.65. The van der Waals surface area contributed by atoms with E-state index in [1.165, 1.54) is 0 Å². The van der Waals surface area contributed by atoms with E-state index in [-0.39, 0.29) is 23.5 Å². The van der Waals surface area contributed by atoms with Crippen LogP contribution in [0.15, 0.2) is 11.1 Å². The highest BCUT2D eigenvalue weighted by molar-refractivity contribution is 7.66. The number of aliphatic hydroxyl groups is 1. The summed E-state index contributed by atoms with van der Waals surface area (Å²) in [6, 6.07) is 0. The fraction of sp³-hybridized carbons (Fsp3) is 0.400. The third-order valence-corrected chi connectivity index (χ3v) is 7.45. The highest BCUT2D eigenvalue weighted by atomic mass is 31.3. The van der Waals surface area contributed by atoms with E-state index in [0.717, 1.165) is 10.9 Å². The Morgan fingerprint density at radius 3 is 2.50 bits per heavy atom. The van der Waals surface area contributed by atoms with Crippen molar-refractivity contribution in [3.05, 3.63) is 16.7 Å². The van der Waals surface area contributed by atoms with Crippen molar-refractivity contribution < 1.29 is 61.1 Å². The Balaban J connectivity index is 1.74. The smallest absolute Gasteiger partial charge is 0.390 e. The van der Waals surface area contributed by atoms with Crippen molar-refractivity contribution in [2.75, 3.05) is 5.73 Å². The van der Waals surface area contributed by atoms with Gasteiger partial charge in [0.1, 0.15) is 6.23 Å². The molecule has 1 fully saturated rings. The van der Waals surface area contributed by atoms with Gasteiger partial charge in [-0.3, -0.25) is 19.2 Å². The number of nitrogens with zero attached hydrogens (tertiary/aromatic N) is 3. The Morgan fingerprint density at radius 2 is 1.88 bits per heavy atom. The molecular weight excluding hydrogens is 507 g/mol. The van der Waals surface area contributed by atoms with Crippen molar-refractivity contribution in [1.82, 2.24) is 19.5 Å². The first-order valence-corrected chi connectivity index (χ1v) is 12.5. The second-order valence-corrected chi connectivity index (χ2v) is 10.4. The van der Waals surface area contributed by atoms with E-state index in [9.17, 15) is 33.3 Å². The number of nitrogen functional groups attached to an aromatic ring is 1. The summed E-state index contributed by atoms with van der Waals surface area (Å²) in [5.41, 5.74) is 4.59. The van der Waals surface area contributed by atoms with Crippen molar-refractivity contribution in [2.45, 2.75) is 24.9 Å². The highest BCUT2D eigenvalue weighted by Crippen LogP contribution is 2.66. The van der Waals surface area contributed by atoms with E-state index in [4.69, 9.17) is 25.2 Å². The van der Waals surface area contributed by atoms with Crippen LogP contribution in [0, 0.1) is 0 Å². The molecule has 3 heterocycles. The number of nitrogens with one attached hydrogen (secondary N) is 1. The van der Waals surface area contributed by atoms with Gasteiger partial charge in [-0.25, -0.2) is 23.5 Å². The Kier molecular flexibility index (Phi) is 6.47. The molecule has 1 aliphatic heterocycles. The average Bonchev–Trinajstić information content (AvgIpc) is 3.14. The number of carbonyl (C=O) groups excluding carboxylic acids is 1. The molecule has 1 aliphatic rings. The molecule has 2 unspecified atom stereocenters. The Hall–Kier alpha value is -2.01. The Morgan fingerprint density at radius 1 is 1.22 bits per heavy atom. The van der Waals surface area contributed by atoms with Crippen molar-refractivity contribution in [2.24, 2.45) is 0 Å². The van der Waals surface area contributed by atoms with E-state index in [1.807, 2.05) is 0 Å². The van der Waals surface area contributed by atoms with Crippen molar-refractivity contribution in [1.29, 1.82) is 0 Å². The number of anilines is 1. The van der Waals surface area contributed by atoms with E-state index < -0.39 is 53.4 Å². The number of imidazole rings is 1. The van der Waals surface area contributed by atoms with Crippen LogP contribution in [0.3, 0.4) is 0 Å². The number of phosphoric ester groups is 1. The molecule has 0 amide bonds. The molecule has 19 nitrogen and oxygen atoms in total. The number of ether oxygens (including phenoxy) is 1. The van der Waals surface area contributed by atoms with E-state index in [0.29, 0.717) is 0 Å². The lowest BCUT2D eigenvalue weighted by Gasteiger charge is -2.18. The minimum Gasteiger partial charge on any atom is -0.390 e. The van der Waals surface area contributed by atoms with Crippen molar-refractivity contribution in [3.63, 3.8) is 0 Å². The van der Waals surface area contributed by atoms with Gasteiger partial charge in [0.05, 0.1) is 12.4 Å². The third kappa shape index (κ3) is 5.67. The van der Waals surface area contributed by atoms with Gasteiger partial charge in [0.2, 0.25) is 5.95 Å². The molecule has 2 aromatic heterocycles. The maximum atomic E-state index is 12.1. The van der Waals surface area contributed by atoms with Crippen LogP contribution in [0.2, 0.25) is 0 Å². The molecule has 0 aromatic carbocycles. The molecule has 5 atom stereocenters. The summed E-state index contributed by atoms with van der Waals surface area (Å²) >= 11 is 0. The monoisotopic (exact) mass is 521 g/mol. The zero-order valence-electron chi connectivity index (χ0n) is 15.2. The molecule has 2 aromatic rings. The van der Waals surface area contributed by atoms with E-state index in [1.54, 1.807) is 0 Å². The Labute approximate surface area is 175 Å². The van der Waals surface area contributed by atoms with Gasteiger partial charge >= 0.3 is 29.4 Å². The molecule has 22 heteroatoms. The van der Waals surface area contributed by atoms with Gasteiger partial charge in [-0.05, 0) is 0 Å². The minimum absolute atomic E-state index is 0.0653. The molecule has 0 spiro atoms. The van der Waals surface area contributed by atoms with Crippen molar-refractivity contribution >= 4 is 46.5 Å². The zero-order chi connectivity index (χ0) is 24.1. The number of aromatic amines is 1. The number of rotatable bonds is 7. The van der Waals surface area contributed by atoms with Crippen LogP contribution < -0.4 is 11.3 Å². The number of fused-ring (bicyclic) bond motifs is 1. The minimum atomic E-state index is -5.85. The van der Waals surface area contributed by atoms with Crippen LogP contribution in [0.25, 0.3) is 11.2 Å². The summed E-state index contributed by atoms with van der Waals surface area (Å²) in [7, 11) is -17.3. The van der Waals surface area contributed by atoms with Gasteiger partial charge in [0.15, 0.2) is 17.3 Å². The third-order valence-electron chi connectivity index (χ3n) is 3.71. The average molecular weight is 521 g/mol. The summed E-state index contributed by atoms with van der Waals surface area (Å²) < 4.78 is 51.0. The van der Waals surface area contributed by atoms with Gasteiger partial charge in [-0.2, -0.15) is 13.6 Å². The number of aromatic nitrogens is 4. The molecule has 0 aliphatic carbocycles. The molecule has 0 radical (unpaired) electrons. The first kappa shape index (κ1) is 24.6. The number of aliphatic hydroxyl groups excluding tert-OH is 1. The molecule has 0 bridgehead atoms. The van der Waals surface area contributed by atoms with Crippen LogP contribution in [-0.2, 0) is 36.4 Å². The number of H-pyrrole nitrogens is 1. The van der Waals surface area contributed by atoms with Gasteiger partial charge < -0.3 is 34.8 Å². The zero-order valence-corrected chi connectivity index (χ0v) is 17.9. The summed E-state index contributed by atoms with van der Waals surface area (Å²) in [5, 5.41) is 10.1. The molecule has 178 valence electrons. The predicted octanol–water partition coefficient (Wildman–Crippen LogP) is -1.78. The second kappa shape index (κ2) is 8.40. The lowest BCUT2D eigenvalue weighted by atomic mass is 10.2. The van der Waals surface area contributed by atoms with Crippen LogP contribution in [0.5, 0.6) is 0 Å². The van der Waals surface area contributed by atoms with Crippen LogP contribution in [0.4, 0.5) is 5.95 Å². The normalized spacial score (nSPS) is 25.3. The number of hydrogen-bond donors (Lipinski definition) is 7. The summed E-state index contributed by atoms with van der Waals surface area (Å²) in [4.78, 5) is 69.3. The summed E-state index contributed by atoms with van der Waals surface area (Å²) in [6.07, 6.45) is -3.98. The number of phosphoric acid groups is 3.